The van der Waals surface area contributed by atoms with Gasteiger partial charge in [0.1, 0.15) is 0 Å². The van der Waals surface area contributed by atoms with Gasteiger partial charge in [-0.25, -0.2) is 0 Å². The Labute approximate surface area is 127 Å². The van der Waals surface area contributed by atoms with Gasteiger partial charge in [-0.2, -0.15) is 0 Å². The number of carbonyl (C=O) groups is 1. The largest absolute Gasteiger partial charge is 0.359 e. The van der Waals surface area contributed by atoms with E-state index in [2.05, 4.69) is 17.4 Å². The predicted octanol–water partition coefficient (Wildman–Crippen LogP) is 3.86. The number of rotatable bonds is 5. The zero-order valence-corrected chi connectivity index (χ0v) is 12.5. The lowest BCUT2D eigenvalue weighted by Gasteiger charge is -2.05. The summed E-state index contributed by atoms with van der Waals surface area (Å²) in [6.07, 6.45) is 1.86. The summed E-state index contributed by atoms with van der Waals surface area (Å²) in [6.45, 7) is 2.34. The van der Waals surface area contributed by atoms with Crippen molar-refractivity contribution in [1.29, 1.82) is 0 Å². The zero-order valence-electron chi connectivity index (χ0n) is 11.0. The number of nitrogens with zero attached hydrogens (tertiary/aromatic N) is 1. The molecule has 2 rings (SSSR count). The molecule has 0 fully saturated rings. The normalized spacial score (nSPS) is 10.6. The van der Waals surface area contributed by atoms with Crippen molar-refractivity contribution in [2.75, 3.05) is 0 Å². The molecule has 0 saturated carbocycles. The minimum absolute atomic E-state index is 0.272. The van der Waals surface area contributed by atoms with E-state index >= 15 is 0 Å². The van der Waals surface area contributed by atoms with Gasteiger partial charge in [-0.3, -0.25) is 4.79 Å². The third-order valence-electron chi connectivity index (χ3n) is 2.71. The maximum atomic E-state index is 12.0. The molecule has 0 saturated heterocycles. The summed E-state index contributed by atoms with van der Waals surface area (Å²) < 4.78 is 5.13. The zero-order chi connectivity index (χ0) is 14.5. The number of halogens is 2. The first-order valence-corrected chi connectivity index (χ1v) is 7.03. The molecule has 0 spiro atoms. The first-order chi connectivity index (χ1) is 9.60. The van der Waals surface area contributed by atoms with E-state index in [1.807, 2.05) is 6.07 Å². The Morgan fingerprint density at radius 1 is 1.35 bits per heavy atom. The van der Waals surface area contributed by atoms with Crippen LogP contribution in [0, 0.1) is 0 Å². The average molecular weight is 313 g/mol. The minimum Gasteiger partial charge on any atom is -0.359 e. The van der Waals surface area contributed by atoms with E-state index in [4.69, 9.17) is 27.7 Å². The highest BCUT2D eigenvalue weighted by molar-refractivity contribution is 6.36. The van der Waals surface area contributed by atoms with Crippen LogP contribution < -0.4 is 5.32 Å². The van der Waals surface area contributed by atoms with E-state index in [0.717, 1.165) is 18.5 Å². The van der Waals surface area contributed by atoms with Gasteiger partial charge in [0.2, 0.25) is 0 Å². The molecule has 6 heteroatoms. The smallest absolute Gasteiger partial charge is 0.253 e. The second-order valence-corrected chi connectivity index (χ2v) is 5.19. The van der Waals surface area contributed by atoms with Gasteiger partial charge in [0.05, 0.1) is 22.8 Å². The molecular formula is C14H14Cl2N2O2. The molecule has 0 aliphatic heterocycles. The third kappa shape index (κ3) is 3.74. The fourth-order valence-corrected chi connectivity index (χ4v) is 2.24. The molecule has 0 radical (unpaired) electrons. The highest BCUT2D eigenvalue weighted by atomic mass is 35.5. The number of hydrogen-bond acceptors (Lipinski definition) is 3. The molecule has 0 aliphatic carbocycles. The average Bonchev–Trinajstić information content (AvgIpc) is 2.84. The van der Waals surface area contributed by atoms with Gasteiger partial charge in [-0.15, -0.1) is 0 Å². The topological polar surface area (TPSA) is 55.1 Å². The van der Waals surface area contributed by atoms with Crippen LogP contribution in [0.2, 0.25) is 10.0 Å². The van der Waals surface area contributed by atoms with Crippen LogP contribution in [0.3, 0.4) is 0 Å². The second-order valence-electron chi connectivity index (χ2n) is 4.34. The van der Waals surface area contributed by atoms with E-state index in [-0.39, 0.29) is 12.5 Å². The van der Waals surface area contributed by atoms with E-state index in [9.17, 15) is 4.79 Å². The standard InChI is InChI=1S/C14H14Cl2N2O2/c1-2-3-10-7-11(20-18-10)8-17-14(19)12-5-4-9(15)6-13(12)16/h4-7H,2-3,8H2,1H3,(H,17,19). The molecule has 0 unspecified atom stereocenters. The van der Waals surface area contributed by atoms with Crippen molar-refractivity contribution in [3.63, 3.8) is 0 Å². The quantitative estimate of drug-likeness (QED) is 0.912. The molecule has 2 aromatic rings. The van der Waals surface area contributed by atoms with Crippen molar-refractivity contribution < 1.29 is 9.32 Å². The molecule has 1 aromatic carbocycles. The Kier molecular flexibility index (Phi) is 5.04. The van der Waals surface area contributed by atoms with Gasteiger partial charge in [-0.05, 0) is 24.6 Å². The summed E-state index contributed by atoms with van der Waals surface area (Å²) in [7, 11) is 0. The molecular weight excluding hydrogens is 299 g/mol. The fourth-order valence-electron chi connectivity index (χ4n) is 1.75. The monoisotopic (exact) mass is 312 g/mol. The Morgan fingerprint density at radius 2 is 2.15 bits per heavy atom. The van der Waals surface area contributed by atoms with Crippen molar-refractivity contribution in [1.82, 2.24) is 10.5 Å². The lowest BCUT2D eigenvalue weighted by Crippen LogP contribution is -2.22. The van der Waals surface area contributed by atoms with E-state index in [1.54, 1.807) is 12.1 Å². The predicted molar refractivity (Wildman–Crippen MR) is 78.1 cm³/mol. The van der Waals surface area contributed by atoms with Crippen LogP contribution in [0.15, 0.2) is 28.8 Å². The lowest BCUT2D eigenvalue weighted by molar-refractivity contribution is 0.0947. The van der Waals surface area contributed by atoms with Crippen LogP contribution in [0.1, 0.15) is 35.2 Å². The van der Waals surface area contributed by atoms with Crippen molar-refractivity contribution in [2.45, 2.75) is 26.3 Å². The number of benzene rings is 1. The Morgan fingerprint density at radius 3 is 2.85 bits per heavy atom. The van der Waals surface area contributed by atoms with E-state index < -0.39 is 0 Å². The lowest BCUT2D eigenvalue weighted by atomic mass is 10.2. The van der Waals surface area contributed by atoms with Gasteiger partial charge < -0.3 is 9.84 Å². The first kappa shape index (κ1) is 14.9. The molecule has 1 amide bonds. The van der Waals surface area contributed by atoms with Gasteiger partial charge in [0.25, 0.3) is 5.91 Å². The van der Waals surface area contributed by atoms with Gasteiger partial charge in [0.15, 0.2) is 5.76 Å². The summed E-state index contributed by atoms with van der Waals surface area (Å²) in [5, 5.41) is 7.46. The summed E-state index contributed by atoms with van der Waals surface area (Å²) in [5.74, 6) is 0.340. The van der Waals surface area contributed by atoms with Crippen LogP contribution in [-0.4, -0.2) is 11.1 Å². The number of carbonyl (C=O) groups excluding carboxylic acids is 1. The highest BCUT2D eigenvalue weighted by Crippen LogP contribution is 2.20. The Bertz CT molecular complexity index is 611. The van der Waals surface area contributed by atoms with Crippen molar-refractivity contribution in [3.8, 4) is 0 Å². The fraction of sp³-hybridized carbons (Fsp3) is 0.286. The van der Waals surface area contributed by atoms with Crippen molar-refractivity contribution in [3.05, 3.63) is 51.3 Å². The molecule has 20 heavy (non-hydrogen) atoms. The number of hydrogen-bond donors (Lipinski definition) is 1. The van der Waals surface area contributed by atoms with Gasteiger partial charge in [-0.1, -0.05) is 41.7 Å². The first-order valence-electron chi connectivity index (χ1n) is 6.28. The Balaban J connectivity index is 1.97. The van der Waals surface area contributed by atoms with Crippen LogP contribution in [0.5, 0.6) is 0 Å². The molecule has 0 aliphatic rings. The van der Waals surface area contributed by atoms with Crippen LogP contribution in [0.25, 0.3) is 0 Å². The Hall–Kier alpha value is -1.52. The number of amides is 1. The van der Waals surface area contributed by atoms with E-state index in [0.29, 0.717) is 21.4 Å². The molecule has 106 valence electrons. The maximum absolute atomic E-state index is 12.0. The third-order valence-corrected chi connectivity index (χ3v) is 3.26. The van der Waals surface area contributed by atoms with Crippen molar-refractivity contribution in [2.24, 2.45) is 0 Å². The summed E-state index contributed by atoms with van der Waals surface area (Å²) in [5.41, 5.74) is 1.27. The van der Waals surface area contributed by atoms with Crippen LogP contribution >= 0.6 is 23.2 Å². The molecule has 4 nitrogen and oxygen atoms in total. The number of nitrogens with one attached hydrogen (secondary N) is 1. The van der Waals surface area contributed by atoms with Gasteiger partial charge in [0, 0.05) is 11.1 Å². The number of aromatic nitrogens is 1. The second kappa shape index (κ2) is 6.77. The highest BCUT2D eigenvalue weighted by Gasteiger charge is 2.11. The minimum atomic E-state index is -0.278. The molecule has 1 N–H and O–H groups in total. The van der Waals surface area contributed by atoms with E-state index in [1.165, 1.54) is 6.07 Å². The molecule has 0 atom stereocenters. The summed E-state index contributed by atoms with van der Waals surface area (Å²) in [6, 6.07) is 6.58. The summed E-state index contributed by atoms with van der Waals surface area (Å²) in [4.78, 5) is 12.0. The molecule has 1 aromatic heterocycles. The molecule has 0 bridgehead atoms. The van der Waals surface area contributed by atoms with Crippen LogP contribution in [0.4, 0.5) is 0 Å². The molecule has 1 heterocycles. The number of aryl methyl sites for hydroxylation is 1. The van der Waals surface area contributed by atoms with Crippen LogP contribution in [-0.2, 0) is 13.0 Å². The maximum Gasteiger partial charge on any atom is 0.253 e. The summed E-state index contributed by atoms with van der Waals surface area (Å²) >= 11 is 11.8. The van der Waals surface area contributed by atoms with Gasteiger partial charge >= 0.3 is 0 Å². The SMILES string of the molecule is CCCc1cc(CNC(=O)c2ccc(Cl)cc2Cl)on1. The van der Waals surface area contributed by atoms with Crippen molar-refractivity contribution >= 4 is 29.1 Å².